The van der Waals surface area contributed by atoms with E-state index in [4.69, 9.17) is 0 Å². The number of nitrogens with zero attached hydrogens (tertiary/aromatic N) is 1. The van der Waals surface area contributed by atoms with Gasteiger partial charge in [0.1, 0.15) is 5.78 Å². The standard InChI is InChI=1S/C12H13NO3/c14-12-6-4-9(5-7-12)10-2-1-3-11(8-10)13(15)16/h1-3,8-9H,4-7H2. The highest BCUT2D eigenvalue weighted by atomic mass is 16.6. The van der Waals surface area contributed by atoms with Crippen molar-refractivity contribution in [3.8, 4) is 0 Å². The monoisotopic (exact) mass is 219 g/mol. The summed E-state index contributed by atoms with van der Waals surface area (Å²) in [5, 5.41) is 10.6. The number of carbonyl (C=O) groups excluding carboxylic acids is 1. The van der Waals surface area contributed by atoms with Crippen molar-refractivity contribution in [2.24, 2.45) is 0 Å². The van der Waals surface area contributed by atoms with Crippen LogP contribution in [0.4, 0.5) is 5.69 Å². The molecule has 0 radical (unpaired) electrons. The van der Waals surface area contributed by atoms with E-state index in [9.17, 15) is 14.9 Å². The Labute approximate surface area is 93.4 Å². The van der Waals surface area contributed by atoms with Crippen LogP contribution in [0.15, 0.2) is 24.3 Å². The van der Waals surface area contributed by atoms with Crippen molar-refractivity contribution < 1.29 is 9.72 Å². The van der Waals surface area contributed by atoms with Gasteiger partial charge < -0.3 is 0 Å². The van der Waals surface area contributed by atoms with E-state index in [1.807, 2.05) is 6.07 Å². The third kappa shape index (κ3) is 2.27. The second-order valence-corrected chi connectivity index (χ2v) is 4.17. The van der Waals surface area contributed by atoms with Crippen LogP contribution in [0, 0.1) is 10.1 Å². The zero-order valence-corrected chi connectivity index (χ0v) is 8.89. The van der Waals surface area contributed by atoms with Gasteiger partial charge in [-0.1, -0.05) is 12.1 Å². The number of hydrogen-bond acceptors (Lipinski definition) is 3. The number of nitro benzene ring substituents is 1. The first kappa shape index (κ1) is 10.8. The predicted molar refractivity (Wildman–Crippen MR) is 59.3 cm³/mol. The largest absolute Gasteiger partial charge is 0.300 e. The van der Waals surface area contributed by atoms with Crippen LogP contribution in [-0.2, 0) is 4.79 Å². The zero-order chi connectivity index (χ0) is 11.5. The first-order valence-electron chi connectivity index (χ1n) is 5.43. The van der Waals surface area contributed by atoms with E-state index in [0.29, 0.717) is 24.5 Å². The van der Waals surface area contributed by atoms with Crippen LogP contribution in [0.25, 0.3) is 0 Å². The minimum absolute atomic E-state index is 0.134. The predicted octanol–water partition coefficient (Wildman–Crippen LogP) is 2.82. The number of carbonyl (C=O) groups is 1. The Kier molecular flexibility index (Phi) is 2.99. The molecule has 0 amide bonds. The lowest BCUT2D eigenvalue weighted by molar-refractivity contribution is -0.384. The first-order chi connectivity index (χ1) is 7.66. The maximum absolute atomic E-state index is 11.1. The molecular weight excluding hydrogens is 206 g/mol. The van der Waals surface area contributed by atoms with Crippen molar-refractivity contribution in [1.29, 1.82) is 0 Å². The highest BCUT2D eigenvalue weighted by Gasteiger charge is 2.21. The number of Topliss-reactive ketones (excluding diaryl/α,β-unsaturated/α-hetero) is 1. The molecular formula is C12H13NO3. The van der Waals surface area contributed by atoms with Crippen LogP contribution >= 0.6 is 0 Å². The fourth-order valence-corrected chi connectivity index (χ4v) is 2.17. The lowest BCUT2D eigenvalue weighted by Gasteiger charge is -2.20. The molecule has 84 valence electrons. The smallest absolute Gasteiger partial charge is 0.269 e. The Morgan fingerprint density at radius 1 is 1.25 bits per heavy atom. The van der Waals surface area contributed by atoms with E-state index in [2.05, 4.69) is 0 Å². The molecule has 0 aromatic heterocycles. The average molecular weight is 219 g/mol. The summed E-state index contributed by atoms with van der Waals surface area (Å²) in [6.45, 7) is 0. The number of hydrogen-bond donors (Lipinski definition) is 0. The van der Waals surface area contributed by atoms with Gasteiger partial charge in [0, 0.05) is 25.0 Å². The second kappa shape index (κ2) is 4.43. The van der Waals surface area contributed by atoms with Crippen molar-refractivity contribution in [3.63, 3.8) is 0 Å². The lowest BCUT2D eigenvalue weighted by Crippen LogP contribution is -2.12. The highest BCUT2D eigenvalue weighted by molar-refractivity contribution is 5.79. The van der Waals surface area contributed by atoms with Gasteiger partial charge in [-0.15, -0.1) is 0 Å². The summed E-state index contributed by atoms with van der Waals surface area (Å²) in [5.41, 5.74) is 1.12. The Hall–Kier alpha value is -1.71. The van der Waals surface area contributed by atoms with E-state index in [0.717, 1.165) is 18.4 Å². The van der Waals surface area contributed by atoms with E-state index >= 15 is 0 Å². The molecule has 0 saturated heterocycles. The van der Waals surface area contributed by atoms with E-state index in [1.54, 1.807) is 12.1 Å². The molecule has 0 unspecified atom stereocenters. The van der Waals surface area contributed by atoms with Crippen molar-refractivity contribution in [2.75, 3.05) is 0 Å². The number of non-ortho nitro benzene ring substituents is 1. The first-order valence-corrected chi connectivity index (χ1v) is 5.43. The molecule has 1 aromatic rings. The van der Waals surface area contributed by atoms with Crippen LogP contribution in [0.5, 0.6) is 0 Å². The van der Waals surface area contributed by atoms with E-state index < -0.39 is 0 Å². The molecule has 16 heavy (non-hydrogen) atoms. The van der Waals surface area contributed by atoms with Gasteiger partial charge in [0.2, 0.25) is 0 Å². The number of ketones is 1. The Balaban J connectivity index is 2.17. The summed E-state index contributed by atoms with van der Waals surface area (Å²) in [5.74, 6) is 0.610. The van der Waals surface area contributed by atoms with Crippen LogP contribution in [0.1, 0.15) is 37.2 Å². The molecule has 1 saturated carbocycles. The van der Waals surface area contributed by atoms with Gasteiger partial charge in [0.25, 0.3) is 5.69 Å². The molecule has 0 bridgehead atoms. The minimum Gasteiger partial charge on any atom is -0.300 e. The number of benzene rings is 1. The lowest BCUT2D eigenvalue weighted by atomic mass is 9.83. The SMILES string of the molecule is O=C1CCC(c2cccc([N+](=O)[O-])c2)CC1. The third-order valence-electron chi connectivity index (χ3n) is 3.10. The van der Waals surface area contributed by atoms with Crippen molar-refractivity contribution in [2.45, 2.75) is 31.6 Å². The minimum atomic E-state index is -0.378. The number of nitro groups is 1. The second-order valence-electron chi connectivity index (χ2n) is 4.17. The molecule has 0 aliphatic heterocycles. The van der Waals surface area contributed by atoms with Crippen LogP contribution in [0.2, 0.25) is 0 Å². The average Bonchev–Trinajstić information content (AvgIpc) is 2.30. The third-order valence-corrected chi connectivity index (χ3v) is 3.10. The van der Waals surface area contributed by atoms with Gasteiger partial charge in [-0.2, -0.15) is 0 Å². The zero-order valence-electron chi connectivity index (χ0n) is 8.89. The van der Waals surface area contributed by atoms with Crippen molar-refractivity contribution in [3.05, 3.63) is 39.9 Å². The maximum atomic E-state index is 11.1. The summed E-state index contributed by atoms with van der Waals surface area (Å²) in [7, 11) is 0. The molecule has 2 rings (SSSR count). The molecule has 0 spiro atoms. The van der Waals surface area contributed by atoms with Gasteiger partial charge >= 0.3 is 0 Å². The Bertz CT molecular complexity index is 418. The molecule has 0 atom stereocenters. The highest BCUT2D eigenvalue weighted by Crippen LogP contribution is 2.32. The molecule has 1 fully saturated rings. The summed E-state index contributed by atoms with van der Waals surface area (Å²) in [6.07, 6.45) is 2.85. The van der Waals surface area contributed by atoms with Crippen LogP contribution in [0.3, 0.4) is 0 Å². The Morgan fingerprint density at radius 2 is 1.94 bits per heavy atom. The summed E-state index contributed by atoms with van der Waals surface area (Å²) < 4.78 is 0. The quantitative estimate of drug-likeness (QED) is 0.567. The fraction of sp³-hybridized carbons (Fsp3) is 0.417. The van der Waals surface area contributed by atoms with Crippen LogP contribution < -0.4 is 0 Å². The molecule has 1 aliphatic carbocycles. The van der Waals surface area contributed by atoms with Gasteiger partial charge in [-0.25, -0.2) is 0 Å². The molecule has 1 aliphatic rings. The van der Waals surface area contributed by atoms with Gasteiger partial charge in [-0.05, 0) is 24.3 Å². The molecule has 1 aromatic carbocycles. The van der Waals surface area contributed by atoms with Crippen LogP contribution in [-0.4, -0.2) is 10.7 Å². The topological polar surface area (TPSA) is 60.2 Å². The molecule has 4 nitrogen and oxygen atoms in total. The van der Waals surface area contributed by atoms with E-state index in [1.165, 1.54) is 6.07 Å². The van der Waals surface area contributed by atoms with Gasteiger partial charge in [0.05, 0.1) is 4.92 Å². The molecule has 4 heteroatoms. The molecule has 0 heterocycles. The fourth-order valence-electron chi connectivity index (χ4n) is 2.17. The number of rotatable bonds is 2. The molecule has 0 N–H and O–H groups in total. The van der Waals surface area contributed by atoms with E-state index in [-0.39, 0.29) is 10.6 Å². The normalized spacial score (nSPS) is 17.4. The summed E-state index contributed by atoms with van der Waals surface area (Å²) in [6, 6.07) is 6.75. The maximum Gasteiger partial charge on any atom is 0.269 e. The van der Waals surface area contributed by atoms with Gasteiger partial charge in [-0.3, -0.25) is 14.9 Å². The summed E-state index contributed by atoms with van der Waals surface area (Å²) >= 11 is 0. The van der Waals surface area contributed by atoms with Crippen molar-refractivity contribution in [1.82, 2.24) is 0 Å². The van der Waals surface area contributed by atoms with Crippen molar-refractivity contribution >= 4 is 11.5 Å². The Morgan fingerprint density at radius 3 is 2.56 bits per heavy atom. The van der Waals surface area contributed by atoms with Gasteiger partial charge in [0.15, 0.2) is 0 Å². The summed E-state index contributed by atoms with van der Waals surface area (Å²) in [4.78, 5) is 21.4.